The lowest BCUT2D eigenvalue weighted by molar-refractivity contribution is 0.0606. The van der Waals surface area contributed by atoms with E-state index in [1.54, 1.807) is 36.8 Å². The van der Waals surface area contributed by atoms with Crippen LogP contribution < -0.4 is 10.5 Å². The van der Waals surface area contributed by atoms with E-state index in [0.29, 0.717) is 34.1 Å². The topological polar surface area (TPSA) is 122 Å². The molecular weight excluding hydrogens is 635 g/mol. The van der Waals surface area contributed by atoms with Crippen LogP contribution in [-0.2, 0) is 13.1 Å². The van der Waals surface area contributed by atoms with E-state index in [0.717, 1.165) is 41.7 Å². The van der Waals surface area contributed by atoms with Gasteiger partial charge in [-0.3, -0.25) is 4.79 Å². The average Bonchev–Trinajstić information content (AvgIpc) is 3.50. The summed E-state index contributed by atoms with van der Waals surface area (Å²) in [6.07, 6.45) is 3.77. The number of imidazole rings is 1. The molecule has 2 atom stereocenters. The molecule has 0 bridgehead atoms. The number of carbonyl (C=O) groups is 1. The number of methoxy groups -OCH3 is 1. The zero-order valence-electron chi connectivity index (χ0n) is 26.7. The summed E-state index contributed by atoms with van der Waals surface area (Å²) in [5.41, 5.74) is 9.67. The number of nitrogens with two attached hydrogens (primary N) is 1. The van der Waals surface area contributed by atoms with Gasteiger partial charge in [-0.2, -0.15) is 5.10 Å². The summed E-state index contributed by atoms with van der Waals surface area (Å²) in [5.74, 6) is 1.51. The fourth-order valence-electron chi connectivity index (χ4n) is 6.74. The van der Waals surface area contributed by atoms with Crippen LogP contribution in [0, 0.1) is 5.92 Å². The van der Waals surface area contributed by atoms with E-state index in [1.807, 2.05) is 16.7 Å². The molecule has 0 spiro atoms. The van der Waals surface area contributed by atoms with Crippen molar-refractivity contribution < 1.29 is 22.7 Å². The van der Waals surface area contributed by atoms with Crippen molar-refractivity contribution in [1.29, 1.82) is 0 Å². The molecule has 2 fully saturated rings. The van der Waals surface area contributed by atoms with Crippen LogP contribution in [-0.4, -0.2) is 77.1 Å². The van der Waals surface area contributed by atoms with Gasteiger partial charge in [-0.05, 0) is 67.6 Å². The molecule has 8 rings (SSSR count). The summed E-state index contributed by atoms with van der Waals surface area (Å²) in [7, 11) is 1.53. The number of alkyl halides is 3. The number of piperidine rings is 1. The van der Waals surface area contributed by atoms with Crippen LogP contribution in [0.1, 0.15) is 47.3 Å². The van der Waals surface area contributed by atoms with Crippen LogP contribution in [0.3, 0.4) is 0 Å². The fourth-order valence-corrected chi connectivity index (χ4v) is 6.74. The van der Waals surface area contributed by atoms with Crippen LogP contribution in [0.15, 0.2) is 67.1 Å². The van der Waals surface area contributed by atoms with E-state index < -0.39 is 18.6 Å². The molecule has 252 valence electrons. The molecular formula is C35H34F3N9O2. The first-order valence-electron chi connectivity index (χ1n) is 16.3. The Kier molecular flexibility index (Phi) is 7.82. The molecule has 1 aliphatic heterocycles. The monoisotopic (exact) mass is 669 g/mol. The summed E-state index contributed by atoms with van der Waals surface area (Å²) in [6.45, 7) is 1.29. The van der Waals surface area contributed by atoms with Gasteiger partial charge < -0.3 is 24.5 Å². The number of hydrogen-bond acceptors (Lipinski definition) is 7. The first-order chi connectivity index (χ1) is 23.7. The molecule has 6 heterocycles. The van der Waals surface area contributed by atoms with Crippen molar-refractivity contribution in [3.05, 3.63) is 83.9 Å². The van der Waals surface area contributed by atoms with Crippen molar-refractivity contribution in [2.45, 2.75) is 51.0 Å². The Balaban J connectivity index is 1.27. The average molecular weight is 670 g/mol. The smallest absolute Gasteiger partial charge is 0.280 e. The van der Waals surface area contributed by atoms with Gasteiger partial charge >= 0.3 is 0 Å². The highest BCUT2D eigenvalue weighted by Gasteiger charge is 2.31. The maximum Gasteiger partial charge on any atom is 0.280 e. The minimum Gasteiger partial charge on any atom is -0.494 e. The third-order valence-electron chi connectivity index (χ3n) is 9.21. The molecule has 1 saturated heterocycles. The number of amides is 1. The summed E-state index contributed by atoms with van der Waals surface area (Å²) in [4.78, 5) is 29.0. The lowest BCUT2D eigenvalue weighted by Crippen LogP contribution is -2.50. The zero-order valence-corrected chi connectivity index (χ0v) is 26.7. The molecule has 6 aromatic rings. The zero-order chi connectivity index (χ0) is 33.8. The molecule has 1 aliphatic carbocycles. The van der Waals surface area contributed by atoms with Crippen molar-refractivity contribution in [3.63, 3.8) is 0 Å². The van der Waals surface area contributed by atoms with E-state index in [1.165, 1.54) is 28.8 Å². The summed E-state index contributed by atoms with van der Waals surface area (Å²) >= 11 is 0. The third kappa shape index (κ3) is 5.90. The van der Waals surface area contributed by atoms with E-state index in [2.05, 4.69) is 20.7 Å². The predicted octanol–water partition coefficient (Wildman–Crippen LogP) is 5.55. The number of pyridine rings is 2. The predicted molar refractivity (Wildman–Crippen MR) is 177 cm³/mol. The maximum absolute atomic E-state index is 14.4. The van der Waals surface area contributed by atoms with Gasteiger partial charge in [0.05, 0.1) is 37.6 Å². The van der Waals surface area contributed by atoms with Gasteiger partial charge in [0.25, 0.3) is 12.3 Å². The highest BCUT2D eigenvalue weighted by Crippen LogP contribution is 2.38. The number of halogens is 3. The molecule has 11 nitrogen and oxygen atoms in total. The number of carbonyl (C=O) groups excluding carboxylic acids is 1. The van der Waals surface area contributed by atoms with Crippen LogP contribution in [0.25, 0.3) is 39.4 Å². The Hall–Kier alpha value is -5.24. The number of rotatable bonds is 9. The van der Waals surface area contributed by atoms with Crippen LogP contribution in [0.2, 0.25) is 0 Å². The number of aromatic nitrogens is 7. The van der Waals surface area contributed by atoms with Crippen LogP contribution in [0.5, 0.6) is 5.75 Å². The normalized spacial score (nSPS) is 18.2. The van der Waals surface area contributed by atoms with E-state index in [-0.39, 0.29) is 43.5 Å². The second kappa shape index (κ2) is 12.3. The van der Waals surface area contributed by atoms with E-state index >= 15 is 0 Å². The van der Waals surface area contributed by atoms with Crippen molar-refractivity contribution >= 4 is 28.0 Å². The van der Waals surface area contributed by atoms with Crippen molar-refractivity contribution in [3.8, 4) is 23.1 Å². The lowest BCUT2D eigenvalue weighted by atomic mass is 10.0. The van der Waals surface area contributed by atoms with Crippen molar-refractivity contribution in [2.24, 2.45) is 11.7 Å². The molecule has 0 radical (unpaired) electrons. The molecule has 5 aromatic heterocycles. The van der Waals surface area contributed by atoms with Crippen molar-refractivity contribution in [2.75, 3.05) is 20.2 Å². The molecule has 0 unspecified atom stereocenters. The van der Waals surface area contributed by atoms with E-state index in [9.17, 15) is 18.0 Å². The second-order valence-corrected chi connectivity index (χ2v) is 12.9. The number of fused-ring (bicyclic) bond motifs is 2. The minimum atomic E-state index is -2.71. The van der Waals surface area contributed by atoms with Gasteiger partial charge in [-0.1, -0.05) is 6.07 Å². The van der Waals surface area contributed by atoms with Gasteiger partial charge in [0, 0.05) is 48.0 Å². The fraction of sp³-hybridized carbons (Fsp3) is 0.343. The SMILES string of the molecule is COc1cc(C(=O)N2C[C@H](N)C[C@@H](F)C2)cc2nc(-c3cc4cccnc4n3CC3CC3)n(Cc3cnn(-c4cccc(C(F)F)n4)c3)c12. The summed E-state index contributed by atoms with van der Waals surface area (Å²) < 4.78 is 52.8. The van der Waals surface area contributed by atoms with E-state index in [4.69, 9.17) is 20.4 Å². The van der Waals surface area contributed by atoms with Crippen LogP contribution >= 0.6 is 0 Å². The minimum absolute atomic E-state index is 0.0279. The van der Waals surface area contributed by atoms with Gasteiger partial charge in [0.15, 0.2) is 11.6 Å². The molecule has 1 amide bonds. The molecule has 1 aromatic carbocycles. The van der Waals surface area contributed by atoms with Crippen molar-refractivity contribution in [1.82, 2.24) is 38.8 Å². The highest BCUT2D eigenvalue weighted by atomic mass is 19.3. The number of ether oxygens (including phenoxy) is 1. The Bertz CT molecular complexity index is 2180. The first-order valence-corrected chi connectivity index (χ1v) is 16.3. The Labute approximate surface area is 279 Å². The number of hydrogen-bond donors (Lipinski definition) is 1. The largest absolute Gasteiger partial charge is 0.494 e. The summed E-state index contributed by atoms with van der Waals surface area (Å²) in [6, 6.07) is 13.3. The van der Waals surface area contributed by atoms with Gasteiger partial charge in [0.1, 0.15) is 28.8 Å². The van der Waals surface area contributed by atoms with Gasteiger partial charge in [0.2, 0.25) is 0 Å². The Morgan fingerprint density at radius 3 is 2.71 bits per heavy atom. The number of likely N-dealkylation sites (tertiary alicyclic amines) is 1. The number of benzene rings is 1. The van der Waals surface area contributed by atoms with Gasteiger partial charge in [-0.25, -0.2) is 32.8 Å². The maximum atomic E-state index is 14.4. The molecule has 1 saturated carbocycles. The Morgan fingerprint density at radius 1 is 1.08 bits per heavy atom. The number of nitrogens with zero attached hydrogens (tertiary/aromatic N) is 8. The standard InChI is InChI=1S/C35H34F3N9O2/c1-49-29-12-23(35(48)44-18-24(36)13-25(39)19-44)10-27-31(29)46(16-21-14-41-47(17-21)30-6-2-5-26(42-30)32(37)38)34(43-27)28-11-22-4-3-9-40-33(22)45(28)15-20-7-8-20/h2-6,9-12,14,17,20,24-25,32H,7-8,13,15-16,18-19,39H2,1H3/t24-,25-/m1/s1. The quantitative estimate of drug-likeness (QED) is 0.214. The van der Waals surface area contributed by atoms with Crippen LogP contribution in [0.4, 0.5) is 13.2 Å². The molecule has 14 heteroatoms. The lowest BCUT2D eigenvalue weighted by Gasteiger charge is -2.33. The second-order valence-electron chi connectivity index (χ2n) is 12.9. The molecule has 2 N–H and O–H groups in total. The molecule has 2 aliphatic rings. The molecule has 49 heavy (non-hydrogen) atoms. The third-order valence-corrected chi connectivity index (χ3v) is 9.21. The van der Waals surface area contributed by atoms with Gasteiger partial charge in [-0.15, -0.1) is 0 Å². The first kappa shape index (κ1) is 31.1. The highest BCUT2D eigenvalue weighted by molar-refractivity contribution is 6.00. The Morgan fingerprint density at radius 2 is 1.94 bits per heavy atom. The summed E-state index contributed by atoms with van der Waals surface area (Å²) in [5, 5.41) is 5.40.